The van der Waals surface area contributed by atoms with Crippen LogP contribution in [0.15, 0.2) is 4.99 Å². The molecule has 0 spiro atoms. The van der Waals surface area contributed by atoms with Gasteiger partial charge < -0.3 is 10.6 Å². The zero-order valence-electron chi connectivity index (χ0n) is 17.1. The van der Waals surface area contributed by atoms with Crippen LogP contribution in [0.1, 0.15) is 63.4 Å². The molecule has 0 aliphatic carbocycles. The van der Waals surface area contributed by atoms with Crippen molar-refractivity contribution in [3.8, 4) is 0 Å². The predicted molar refractivity (Wildman–Crippen MR) is 119 cm³/mol. The van der Waals surface area contributed by atoms with Gasteiger partial charge in [0.15, 0.2) is 5.96 Å². The van der Waals surface area contributed by atoms with Crippen molar-refractivity contribution in [1.29, 1.82) is 0 Å². The normalized spacial score (nSPS) is 14.0. The number of unbranched alkanes of at least 4 members (excludes halogenated alkanes) is 1. The van der Waals surface area contributed by atoms with Gasteiger partial charge in [0.2, 0.25) is 0 Å². The molecule has 146 valence electrons. The van der Waals surface area contributed by atoms with E-state index in [9.17, 15) is 0 Å². The molecule has 0 fully saturated rings. The Bertz CT molecular complexity index is 524. The standard InChI is InChI=1S/C19H37N5.HI/c1-8-10-11-17(9-2)13-21-19(20-6)22-14(3)12-18-15(4)23-24(7)16(18)5;/h14,17H,8-13H2,1-7H3,(H2,20,21,22);1H. The number of aliphatic imine (C=N–C) groups is 1. The largest absolute Gasteiger partial charge is 0.356 e. The number of rotatable bonds is 9. The molecule has 0 aromatic carbocycles. The molecule has 0 bridgehead atoms. The van der Waals surface area contributed by atoms with Gasteiger partial charge in [-0.1, -0.05) is 33.1 Å². The number of aryl methyl sites for hydroxylation is 2. The Hall–Kier alpha value is -0.790. The highest BCUT2D eigenvalue weighted by Crippen LogP contribution is 2.14. The van der Waals surface area contributed by atoms with Crippen LogP contribution in [-0.2, 0) is 13.5 Å². The van der Waals surface area contributed by atoms with Gasteiger partial charge >= 0.3 is 0 Å². The van der Waals surface area contributed by atoms with Crippen LogP contribution in [0, 0.1) is 19.8 Å². The highest BCUT2D eigenvalue weighted by Gasteiger charge is 2.14. The number of hydrogen-bond donors (Lipinski definition) is 2. The molecule has 2 atom stereocenters. The van der Waals surface area contributed by atoms with E-state index in [2.05, 4.69) is 55.3 Å². The maximum atomic E-state index is 4.51. The number of nitrogens with zero attached hydrogens (tertiary/aromatic N) is 3. The number of guanidine groups is 1. The summed E-state index contributed by atoms with van der Waals surface area (Å²) in [7, 11) is 3.85. The van der Waals surface area contributed by atoms with Crippen molar-refractivity contribution in [1.82, 2.24) is 20.4 Å². The van der Waals surface area contributed by atoms with Gasteiger partial charge in [0.05, 0.1) is 5.69 Å². The summed E-state index contributed by atoms with van der Waals surface area (Å²) in [6, 6.07) is 0.313. The summed E-state index contributed by atoms with van der Waals surface area (Å²) in [5.41, 5.74) is 3.70. The third kappa shape index (κ3) is 7.96. The molecule has 1 aromatic heterocycles. The fourth-order valence-corrected chi connectivity index (χ4v) is 3.08. The molecule has 2 N–H and O–H groups in total. The lowest BCUT2D eigenvalue weighted by molar-refractivity contribution is 0.442. The Morgan fingerprint density at radius 2 is 1.96 bits per heavy atom. The van der Waals surface area contributed by atoms with Gasteiger partial charge in [0.1, 0.15) is 0 Å². The Morgan fingerprint density at radius 1 is 1.28 bits per heavy atom. The fourth-order valence-electron chi connectivity index (χ4n) is 3.08. The molecule has 0 saturated carbocycles. The van der Waals surface area contributed by atoms with Crippen LogP contribution in [0.4, 0.5) is 0 Å². The van der Waals surface area contributed by atoms with E-state index in [1.807, 2.05) is 18.8 Å². The number of nitrogens with one attached hydrogen (secondary N) is 2. The lowest BCUT2D eigenvalue weighted by Gasteiger charge is -2.21. The second kappa shape index (κ2) is 12.5. The van der Waals surface area contributed by atoms with Gasteiger partial charge in [-0.2, -0.15) is 5.10 Å². The molecule has 0 amide bonds. The number of halogens is 1. The van der Waals surface area contributed by atoms with E-state index in [1.165, 1.54) is 36.9 Å². The first kappa shape index (κ1) is 24.2. The molecule has 1 rings (SSSR count). The van der Waals surface area contributed by atoms with Crippen molar-refractivity contribution >= 4 is 29.9 Å². The van der Waals surface area contributed by atoms with Gasteiger partial charge in [-0.3, -0.25) is 9.67 Å². The zero-order valence-corrected chi connectivity index (χ0v) is 19.5. The Labute approximate surface area is 171 Å². The van der Waals surface area contributed by atoms with E-state index in [-0.39, 0.29) is 24.0 Å². The van der Waals surface area contributed by atoms with E-state index < -0.39 is 0 Å². The Kier molecular flexibility index (Phi) is 12.1. The van der Waals surface area contributed by atoms with Crippen molar-refractivity contribution < 1.29 is 0 Å². The zero-order chi connectivity index (χ0) is 18.1. The van der Waals surface area contributed by atoms with Gasteiger partial charge in [-0.05, 0) is 45.1 Å². The van der Waals surface area contributed by atoms with Crippen LogP contribution in [0.3, 0.4) is 0 Å². The number of aromatic nitrogens is 2. The maximum Gasteiger partial charge on any atom is 0.191 e. The van der Waals surface area contributed by atoms with Gasteiger partial charge in [-0.15, -0.1) is 24.0 Å². The second-order valence-corrected chi connectivity index (χ2v) is 6.89. The number of hydrogen-bond acceptors (Lipinski definition) is 2. The second-order valence-electron chi connectivity index (χ2n) is 6.89. The van der Waals surface area contributed by atoms with Gasteiger partial charge in [-0.25, -0.2) is 0 Å². The van der Waals surface area contributed by atoms with E-state index in [1.54, 1.807) is 0 Å². The molecule has 0 saturated heterocycles. The SMILES string of the molecule is CCCCC(CC)CNC(=NC)NC(C)Cc1c(C)nn(C)c1C.I. The molecule has 25 heavy (non-hydrogen) atoms. The summed E-state index contributed by atoms with van der Waals surface area (Å²) in [6.45, 7) is 11.9. The summed E-state index contributed by atoms with van der Waals surface area (Å²) in [5.74, 6) is 1.62. The topological polar surface area (TPSA) is 54.2 Å². The van der Waals surface area contributed by atoms with Crippen molar-refractivity contribution in [2.24, 2.45) is 18.0 Å². The molecule has 1 aromatic rings. The predicted octanol–water partition coefficient (Wildman–Crippen LogP) is 3.97. The molecule has 5 nitrogen and oxygen atoms in total. The average Bonchev–Trinajstić information content (AvgIpc) is 2.80. The monoisotopic (exact) mass is 463 g/mol. The summed E-state index contributed by atoms with van der Waals surface area (Å²) in [6.07, 6.45) is 6.04. The summed E-state index contributed by atoms with van der Waals surface area (Å²) in [5, 5.41) is 11.5. The van der Waals surface area contributed by atoms with Gasteiger partial charge in [0, 0.05) is 32.4 Å². The molecule has 6 heteroatoms. The quantitative estimate of drug-likeness (QED) is 0.331. The van der Waals surface area contributed by atoms with Crippen molar-refractivity contribution in [2.45, 2.75) is 72.8 Å². The average molecular weight is 463 g/mol. The summed E-state index contributed by atoms with van der Waals surface area (Å²) >= 11 is 0. The molecule has 2 unspecified atom stereocenters. The van der Waals surface area contributed by atoms with Crippen LogP contribution < -0.4 is 10.6 Å². The highest BCUT2D eigenvalue weighted by molar-refractivity contribution is 14.0. The minimum absolute atomic E-state index is 0. The van der Waals surface area contributed by atoms with Crippen LogP contribution >= 0.6 is 24.0 Å². The first-order valence-corrected chi connectivity index (χ1v) is 9.39. The molecular formula is C19H38IN5. The lowest BCUT2D eigenvalue weighted by Crippen LogP contribution is -2.44. The van der Waals surface area contributed by atoms with E-state index >= 15 is 0 Å². The van der Waals surface area contributed by atoms with Crippen molar-refractivity contribution in [3.05, 3.63) is 17.0 Å². The van der Waals surface area contributed by atoms with Crippen LogP contribution in [0.5, 0.6) is 0 Å². The van der Waals surface area contributed by atoms with Crippen LogP contribution in [-0.4, -0.2) is 35.4 Å². The van der Waals surface area contributed by atoms with Crippen molar-refractivity contribution in [2.75, 3.05) is 13.6 Å². The minimum Gasteiger partial charge on any atom is -0.356 e. The Balaban J connectivity index is 0.00000576. The van der Waals surface area contributed by atoms with Crippen molar-refractivity contribution in [3.63, 3.8) is 0 Å². The maximum absolute atomic E-state index is 4.51. The smallest absolute Gasteiger partial charge is 0.191 e. The molecule has 0 radical (unpaired) electrons. The summed E-state index contributed by atoms with van der Waals surface area (Å²) in [4.78, 5) is 4.38. The van der Waals surface area contributed by atoms with E-state index in [0.29, 0.717) is 6.04 Å². The molecule has 1 heterocycles. The fraction of sp³-hybridized carbons (Fsp3) is 0.789. The Morgan fingerprint density at radius 3 is 2.44 bits per heavy atom. The van der Waals surface area contributed by atoms with E-state index in [0.717, 1.165) is 30.5 Å². The van der Waals surface area contributed by atoms with E-state index in [4.69, 9.17) is 0 Å². The molecule has 0 aliphatic rings. The lowest BCUT2D eigenvalue weighted by atomic mass is 9.99. The first-order chi connectivity index (χ1) is 11.4. The third-order valence-electron chi connectivity index (χ3n) is 4.88. The van der Waals surface area contributed by atoms with Gasteiger partial charge in [0.25, 0.3) is 0 Å². The molecular weight excluding hydrogens is 425 g/mol. The first-order valence-electron chi connectivity index (χ1n) is 9.39. The highest BCUT2D eigenvalue weighted by atomic mass is 127. The minimum atomic E-state index is 0. The van der Waals surface area contributed by atoms with Crippen LogP contribution in [0.2, 0.25) is 0 Å². The summed E-state index contributed by atoms with van der Waals surface area (Å²) < 4.78 is 1.96. The molecule has 0 aliphatic heterocycles. The van der Waals surface area contributed by atoms with Crippen LogP contribution in [0.25, 0.3) is 0 Å². The third-order valence-corrected chi connectivity index (χ3v) is 4.88.